The zero-order valence-electron chi connectivity index (χ0n) is 10.9. The Labute approximate surface area is 108 Å². The highest BCUT2D eigenvalue weighted by atomic mass is 16.3. The minimum atomic E-state index is -0.0764. The van der Waals surface area contributed by atoms with E-state index in [1.54, 1.807) is 12.1 Å². The zero-order valence-corrected chi connectivity index (χ0v) is 10.9. The Morgan fingerprint density at radius 1 is 1.50 bits per heavy atom. The molecule has 1 heterocycles. The van der Waals surface area contributed by atoms with Crippen molar-refractivity contribution >= 4 is 5.91 Å². The van der Waals surface area contributed by atoms with Crippen LogP contribution in [-0.2, 0) is 0 Å². The molecule has 0 bridgehead atoms. The summed E-state index contributed by atoms with van der Waals surface area (Å²) in [6, 6.07) is 5.55. The van der Waals surface area contributed by atoms with Gasteiger partial charge in [0, 0.05) is 19.1 Å². The molecule has 0 aliphatic carbocycles. The Kier molecular flexibility index (Phi) is 3.87. The standard InChI is InChI=1S/C14H20N2O2/c1-10-5-6-12(13(17)8-10)14(18)16-7-3-4-11(9-16)15-2/h5-6,8,11,15,17H,3-4,7,9H2,1-2H3. The molecule has 1 atom stereocenters. The van der Waals surface area contributed by atoms with Crippen LogP contribution < -0.4 is 5.32 Å². The number of aryl methyl sites for hydroxylation is 1. The first-order valence-corrected chi connectivity index (χ1v) is 6.38. The predicted molar refractivity (Wildman–Crippen MR) is 70.8 cm³/mol. The van der Waals surface area contributed by atoms with E-state index in [1.807, 2.05) is 24.9 Å². The number of likely N-dealkylation sites (tertiary alicyclic amines) is 1. The summed E-state index contributed by atoms with van der Waals surface area (Å²) < 4.78 is 0. The second-order valence-corrected chi connectivity index (χ2v) is 4.90. The number of piperidine rings is 1. The third-order valence-corrected chi connectivity index (χ3v) is 3.50. The van der Waals surface area contributed by atoms with Gasteiger partial charge in [-0.1, -0.05) is 6.07 Å². The summed E-state index contributed by atoms with van der Waals surface area (Å²) in [5.74, 6) is -0.000897. The lowest BCUT2D eigenvalue weighted by Crippen LogP contribution is -2.46. The van der Waals surface area contributed by atoms with Crippen LogP contribution in [-0.4, -0.2) is 42.1 Å². The SMILES string of the molecule is CNC1CCCN(C(=O)c2ccc(C)cc2O)C1. The van der Waals surface area contributed by atoms with Crippen LogP contribution in [0.5, 0.6) is 5.75 Å². The number of benzene rings is 1. The number of nitrogens with zero attached hydrogens (tertiary/aromatic N) is 1. The number of hydrogen-bond donors (Lipinski definition) is 2. The highest BCUT2D eigenvalue weighted by Crippen LogP contribution is 2.22. The molecular weight excluding hydrogens is 228 g/mol. The maximum absolute atomic E-state index is 12.3. The number of carbonyl (C=O) groups excluding carboxylic acids is 1. The van der Waals surface area contributed by atoms with E-state index in [2.05, 4.69) is 5.32 Å². The number of hydrogen-bond acceptors (Lipinski definition) is 3. The number of phenolic OH excluding ortho intramolecular Hbond substituents is 1. The number of phenols is 1. The lowest BCUT2D eigenvalue weighted by molar-refractivity contribution is 0.0695. The molecule has 98 valence electrons. The topological polar surface area (TPSA) is 52.6 Å². The molecule has 1 amide bonds. The molecule has 4 heteroatoms. The molecule has 0 spiro atoms. The van der Waals surface area contributed by atoms with E-state index < -0.39 is 0 Å². The molecular formula is C14H20N2O2. The monoisotopic (exact) mass is 248 g/mol. The van der Waals surface area contributed by atoms with Gasteiger partial charge < -0.3 is 15.3 Å². The van der Waals surface area contributed by atoms with Gasteiger partial charge in [0.15, 0.2) is 0 Å². The molecule has 1 aromatic rings. The fourth-order valence-corrected chi connectivity index (χ4v) is 2.39. The Balaban J connectivity index is 2.15. The molecule has 0 aromatic heterocycles. The second-order valence-electron chi connectivity index (χ2n) is 4.90. The maximum atomic E-state index is 12.3. The molecule has 1 aromatic carbocycles. The van der Waals surface area contributed by atoms with E-state index >= 15 is 0 Å². The Hall–Kier alpha value is -1.55. The first kappa shape index (κ1) is 12.9. The molecule has 1 aliphatic heterocycles. The summed E-state index contributed by atoms with van der Waals surface area (Å²) in [6.45, 7) is 3.37. The molecule has 18 heavy (non-hydrogen) atoms. The number of aromatic hydroxyl groups is 1. The highest BCUT2D eigenvalue weighted by molar-refractivity contribution is 5.97. The first-order valence-electron chi connectivity index (χ1n) is 6.38. The second kappa shape index (κ2) is 5.40. The van der Waals surface area contributed by atoms with Crippen molar-refractivity contribution in [1.29, 1.82) is 0 Å². The molecule has 2 N–H and O–H groups in total. The summed E-state index contributed by atoms with van der Waals surface area (Å²) in [7, 11) is 1.92. The molecule has 1 fully saturated rings. The van der Waals surface area contributed by atoms with E-state index in [0.29, 0.717) is 18.2 Å². The average molecular weight is 248 g/mol. The fraction of sp³-hybridized carbons (Fsp3) is 0.500. The van der Waals surface area contributed by atoms with Crippen molar-refractivity contribution in [3.63, 3.8) is 0 Å². The normalized spacial score (nSPS) is 19.9. The van der Waals surface area contributed by atoms with Gasteiger partial charge in [0.05, 0.1) is 5.56 Å². The third kappa shape index (κ3) is 2.64. The molecule has 1 aliphatic rings. The Morgan fingerprint density at radius 3 is 2.94 bits per heavy atom. The van der Waals surface area contributed by atoms with Crippen LogP contribution in [0.2, 0.25) is 0 Å². The summed E-state index contributed by atoms with van der Waals surface area (Å²) in [5.41, 5.74) is 1.35. The van der Waals surface area contributed by atoms with Gasteiger partial charge in [0.1, 0.15) is 5.75 Å². The third-order valence-electron chi connectivity index (χ3n) is 3.50. The van der Waals surface area contributed by atoms with Gasteiger partial charge in [-0.05, 0) is 44.5 Å². The number of carbonyl (C=O) groups is 1. The van der Waals surface area contributed by atoms with Gasteiger partial charge in [-0.3, -0.25) is 4.79 Å². The molecule has 2 rings (SSSR count). The predicted octanol–water partition coefficient (Wildman–Crippen LogP) is 1.52. The van der Waals surface area contributed by atoms with Crippen LogP contribution in [0.3, 0.4) is 0 Å². The van der Waals surface area contributed by atoms with Crippen LogP contribution >= 0.6 is 0 Å². The maximum Gasteiger partial charge on any atom is 0.257 e. The molecule has 1 unspecified atom stereocenters. The van der Waals surface area contributed by atoms with Gasteiger partial charge in [0.2, 0.25) is 0 Å². The molecule has 0 radical (unpaired) electrons. The van der Waals surface area contributed by atoms with Gasteiger partial charge in [0.25, 0.3) is 5.91 Å². The van der Waals surface area contributed by atoms with Crippen molar-refractivity contribution in [3.8, 4) is 5.75 Å². The van der Waals surface area contributed by atoms with E-state index in [-0.39, 0.29) is 11.7 Å². The van der Waals surface area contributed by atoms with Crippen molar-refractivity contribution in [2.75, 3.05) is 20.1 Å². The van der Waals surface area contributed by atoms with E-state index in [1.165, 1.54) is 0 Å². The van der Waals surface area contributed by atoms with Crippen LogP contribution in [0, 0.1) is 6.92 Å². The summed E-state index contributed by atoms with van der Waals surface area (Å²) in [4.78, 5) is 14.1. The average Bonchev–Trinajstić information content (AvgIpc) is 2.38. The van der Waals surface area contributed by atoms with Crippen LogP contribution in [0.25, 0.3) is 0 Å². The smallest absolute Gasteiger partial charge is 0.257 e. The van der Waals surface area contributed by atoms with Crippen LogP contribution in [0.1, 0.15) is 28.8 Å². The summed E-state index contributed by atoms with van der Waals surface area (Å²) in [5, 5.41) is 13.1. The minimum absolute atomic E-state index is 0.0755. The number of amides is 1. The Morgan fingerprint density at radius 2 is 2.28 bits per heavy atom. The van der Waals surface area contributed by atoms with Crippen molar-refractivity contribution in [2.24, 2.45) is 0 Å². The molecule has 4 nitrogen and oxygen atoms in total. The van der Waals surface area contributed by atoms with Crippen molar-refractivity contribution < 1.29 is 9.90 Å². The Bertz CT molecular complexity index is 445. The summed E-state index contributed by atoms with van der Waals surface area (Å²) in [6.07, 6.45) is 2.10. The van der Waals surface area contributed by atoms with Crippen molar-refractivity contribution in [3.05, 3.63) is 29.3 Å². The number of rotatable bonds is 2. The van der Waals surface area contributed by atoms with E-state index in [0.717, 1.165) is 24.9 Å². The number of likely N-dealkylation sites (N-methyl/N-ethyl adjacent to an activating group) is 1. The first-order chi connectivity index (χ1) is 8.61. The van der Waals surface area contributed by atoms with E-state index in [9.17, 15) is 9.90 Å². The zero-order chi connectivity index (χ0) is 13.1. The van der Waals surface area contributed by atoms with Crippen molar-refractivity contribution in [1.82, 2.24) is 10.2 Å². The van der Waals surface area contributed by atoms with Gasteiger partial charge in [-0.15, -0.1) is 0 Å². The number of nitrogens with one attached hydrogen (secondary N) is 1. The minimum Gasteiger partial charge on any atom is -0.507 e. The van der Waals surface area contributed by atoms with Gasteiger partial charge in [-0.25, -0.2) is 0 Å². The van der Waals surface area contributed by atoms with Gasteiger partial charge in [-0.2, -0.15) is 0 Å². The van der Waals surface area contributed by atoms with Crippen LogP contribution in [0.15, 0.2) is 18.2 Å². The lowest BCUT2D eigenvalue weighted by atomic mass is 10.0. The molecule has 0 saturated carbocycles. The largest absolute Gasteiger partial charge is 0.507 e. The fourth-order valence-electron chi connectivity index (χ4n) is 2.39. The van der Waals surface area contributed by atoms with E-state index in [4.69, 9.17) is 0 Å². The summed E-state index contributed by atoms with van der Waals surface area (Å²) >= 11 is 0. The highest BCUT2D eigenvalue weighted by Gasteiger charge is 2.24. The van der Waals surface area contributed by atoms with Crippen LogP contribution in [0.4, 0.5) is 0 Å². The lowest BCUT2D eigenvalue weighted by Gasteiger charge is -2.32. The van der Waals surface area contributed by atoms with Crippen molar-refractivity contribution in [2.45, 2.75) is 25.8 Å². The quantitative estimate of drug-likeness (QED) is 0.834. The molecule has 1 saturated heterocycles. The van der Waals surface area contributed by atoms with Gasteiger partial charge >= 0.3 is 0 Å².